The summed E-state index contributed by atoms with van der Waals surface area (Å²) in [5, 5.41) is 8.23. The highest BCUT2D eigenvalue weighted by Crippen LogP contribution is 2.34. The Bertz CT molecular complexity index is 1370. The number of halogens is 1. The van der Waals surface area contributed by atoms with Gasteiger partial charge in [0.05, 0.1) is 11.2 Å². The molecular weight excluding hydrogens is 367 g/mol. The normalized spacial score (nSPS) is 11.1. The molecule has 3 aromatic heterocycles. The van der Waals surface area contributed by atoms with Gasteiger partial charge in [-0.15, -0.1) is 0 Å². The van der Waals surface area contributed by atoms with Gasteiger partial charge in [-0.1, -0.05) is 6.07 Å². The molecule has 0 unspecified atom stereocenters. The van der Waals surface area contributed by atoms with E-state index in [1.807, 2.05) is 24.4 Å². The topological polar surface area (TPSA) is 74.4 Å². The summed E-state index contributed by atoms with van der Waals surface area (Å²) in [4.78, 5) is 18.6. The van der Waals surface area contributed by atoms with Crippen LogP contribution in [0.1, 0.15) is 0 Å². The zero-order valence-corrected chi connectivity index (χ0v) is 15.2. The molecule has 0 aliphatic carbocycles. The van der Waals surface area contributed by atoms with Crippen molar-refractivity contribution in [1.29, 1.82) is 0 Å². The number of pyridine rings is 2. The lowest BCUT2D eigenvalue weighted by molar-refractivity contribution is 0.628. The summed E-state index contributed by atoms with van der Waals surface area (Å²) in [6.07, 6.45) is 5.28. The summed E-state index contributed by atoms with van der Waals surface area (Å²) in [5.74, 6) is -0.284. The molecule has 0 bridgehead atoms. The average molecular weight is 382 g/mol. The first-order chi connectivity index (χ1) is 14.2. The number of H-pyrrole nitrogens is 2. The molecule has 0 amide bonds. The number of rotatable bonds is 3. The third-order valence-corrected chi connectivity index (χ3v) is 4.91. The van der Waals surface area contributed by atoms with E-state index in [4.69, 9.17) is 0 Å². The monoisotopic (exact) mass is 382 g/mol. The maximum atomic E-state index is 13.3. The third kappa shape index (κ3) is 3.10. The highest BCUT2D eigenvalue weighted by Gasteiger charge is 2.13. The van der Waals surface area contributed by atoms with Gasteiger partial charge in [-0.05, 0) is 65.2 Å². The fraction of sp³-hybridized carbons (Fsp3) is 0. The van der Waals surface area contributed by atoms with Crippen molar-refractivity contribution < 1.29 is 4.39 Å². The second-order valence-electron chi connectivity index (χ2n) is 6.69. The summed E-state index contributed by atoms with van der Waals surface area (Å²) in [5.41, 5.74) is 6.03. The lowest BCUT2D eigenvalue weighted by Crippen LogP contribution is -2.01. The fourth-order valence-corrected chi connectivity index (χ4v) is 3.48. The first kappa shape index (κ1) is 17.1. The minimum atomic E-state index is -0.284. The number of fused-ring (bicyclic) bond motifs is 1. The van der Waals surface area contributed by atoms with Crippen LogP contribution in [-0.2, 0) is 0 Å². The minimum absolute atomic E-state index is 0.143. The van der Waals surface area contributed by atoms with E-state index in [2.05, 4.69) is 26.2 Å². The lowest BCUT2D eigenvalue weighted by Gasteiger charge is -2.09. The van der Waals surface area contributed by atoms with Crippen molar-refractivity contribution in [3.8, 4) is 33.5 Å². The van der Waals surface area contributed by atoms with Gasteiger partial charge >= 0.3 is 0 Å². The average Bonchev–Trinajstić information content (AvgIpc) is 3.24. The Morgan fingerprint density at radius 2 is 1.59 bits per heavy atom. The summed E-state index contributed by atoms with van der Waals surface area (Å²) in [7, 11) is 0. The zero-order valence-electron chi connectivity index (χ0n) is 15.2. The number of nitrogens with zero attached hydrogens (tertiary/aromatic N) is 2. The summed E-state index contributed by atoms with van der Waals surface area (Å²) in [6.45, 7) is 0. The van der Waals surface area contributed by atoms with Crippen LogP contribution in [0.2, 0.25) is 0 Å². The van der Waals surface area contributed by atoms with E-state index in [1.54, 1.807) is 30.6 Å². The van der Waals surface area contributed by atoms with E-state index >= 15 is 0 Å². The van der Waals surface area contributed by atoms with E-state index < -0.39 is 0 Å². The van der Waals surface area contributed by atoms with Gasteiger partial charge in [0, 0.05) is 41.2 Å². The Morgan fingerprint density at radius 3 is 2.38 bits per heavy atom. The predicted molar refractivity (Wildman–Crippen MR) is 111 cm³/mol. The molecule has 2 aromatic carbocycles. The first-order valence-corrected chi connectivity index (χ1v) is 9.07. The number of aromatic amines is 2. The smallest absolute Gasteiger partial charge is 0.247 e. The van der Waals surface area contributed by atoms with Crippen LogP contribution >= 0.6 is 0 Å². The van der Waals surface area contributed by atoms with Crippen LogP contribution in [0.15, 0.2) is 84.0 Å². The van der Waals surface area contributed by atoms with Crippen LogP contribution < -0.4 is 5.56 Å². The third-order valence-electron chi connectivity index (χ3n) is 4.91. The molecule has 140 valence electrons. The number of aromatic nitrogens is 4. The number of hydrogen-bond acceptors (Lipinski definition) is 3. The molecule has 0 radical (unpaired) electrons. The molecule has 0 atom stereocenters. The Balaban J connectivity index is 1.67. The van der Waals surface area contributed by atoms with Crippen molar-refractivity contribution >= 4 is 10.9 Å². The highest BCUT2D eigenvalue weighted by atomic mass is 19.1. The van der Waals surface area contributed by atoms with E-state index in [9.17, 15) is 9.18 Å². The Morgan fingerprint density at radius 1 is 0.793 bits per heavy atom. The molecule has 0 saturated heterocycles. The van der Waals surface area contributed by atoms with Gasteiger partial charge < -0.3 is 4.98 Å². The van der Waals surface area contributed by atoms with Crippen molar-refractivity contribution in [2.24, 2.45) is 0 Å². The highest BCUT2D eigenvalue weighted by molar-refractivity contribution is 5.97. The van der Waals surface area contributed by atoms with Crippen molar-refractivity contribution in [3.05, 3.63) is 95.4 Å². The Hall–Kier alpha value is -4.06. The maximum absolute atomic E-state index is 13.3. The molecule has 6 heteroatoms. The van der Waals surface area contributed by atoms with Crippen LogP contribution in [0, 0.1) is 5.82 Å². The van der Waals surface area contributed by atoms with Gasteiger partial charge in [-0.3, -0.25) is 14.9 Å². The van der Waals surface area contributed by atoms with Gasteiger partial charge in [-0.25, -0.2) is 4.39 Å². The van der Waals surface area contributed by atoms with E-state index in [-0.39, 0.29) is 11.4 Å². The molecule has 0 aliphatic heterocycles. The SMILES string of the molecule is O=c1ccc(-c2ccnc3ccc(-c4c[nH]nc4-c4ccc(F)cc4)cc23)c[nH]1. The summed E-state index contributed by atoms with van der Waals surface area (Å²) < 4.78 is 13.3. The molecule has 3 heterocycles. The molecule has 5 nitrogen and oxygen atoms in total. The van der Waals surface area contributed by atoms with Gasteiger partial charge in [0.2, 0.25) is 5.56 Å². The number of benzene rings is 2. The first-order valence-electron chi connectivity index (χ1n) is 9.07. The van der Waals surface area contributed by atoms with Gasteiger partial charge in [-0.2, -0.15) is 5.10 Å². The molecule has 2 N–H and O–H groups in total. The second-order valence-corrected chi connectivity index (χ2v) is 6.69. The van der Waals surface area contributed by atoms with Crippen molar-refractivity contribution in [2.75, 3.05) is 0 Å². The summed E-state index contributed by atoms with van der Waals surface area (Å²) in [6, 6.07) is 17.5. The van der Waals surface area contributed by atoms with Crippen molar-refractivity contribution in [1.82, 2.24) is 20.2 Å². The predicted octanol–water partition coefficient (Wildman–Crippen LogP) is 4.79. The molecule has 0 fully saturated rings. The standard InChI is InChI=1S/C23H15FN4O/c24-17-5-1-14(2-6-17)23-20(13-27-28-23)15-3-7-21-19(11-15)18(9-10-25-21)16-4-8-22(29)26-12-16/h1-13H,(H,26,29)(H,27,28). The van der Waals surface area contributed by atoms with Gasteiger partial charge in [0.1, 0.15) is 5.82 Å². The fourth-order valence-electron chi connectivity index (χ4n) is 3.48. The molecule has 5 aromatic rings. The van der Waals surface area contributed by atoms with Crippen LogP contribution in [0.4, 0.5) is 4.39 Å². The van der Waals surface area contributed by atoms with E-state index in [1.165, 1.54) is 18.2 Å². The quantitative estimate of drug-likeness (QED) is 0.471. The number of hydrogen-bond donors (Lipinski definition) is 2. The molecule has 29 heavy (non-hydrogen) atoms. The summed E-state index contributed by atoms with van der Waals surface area (Å²) >= 11 is 0. The van der Waals surface area contributed by atoms with Gasteiger partial charge in [0.15, 0.2) is 0 Å². The Labute approximate surface area is 164 Å². The minimum Gasteiger partial charge on any atom is -0.328 e. The lowest BCUT2D eigenvalue weighted by atomic mass is 9.97. The molecule has 0 spiro atoms. The van der Waals surface area contributed by atoms with Crippen LogP contribution in [0.3, 0.4) is 0 Å². The van der Waals surface area contributed by atoms with Crippen LogP contribution in [0.25, 0.3) is 44.4 Å². The maximum Gasteiger partial charge on any atom is 0.247 e. The van der Waals surface area contributed by atoms with Crippen molar-refractivity contribution in [3.63, 3.8) is 0 Å². The molecule has 0 aliphatic rings. The van der Waals surface area contributed by atoms with Crippen molar-refractivity contribution in [2.45, 2.75) is 0 Å². The van der Waals surface area contributed by atoms with E-state index in [0.717, 1.165) is 44.4 Å². The second kappa shape index (κ2) is 6.83. The Kier molecular flexibility index (Phi) is 4.02. The zero-order chi connectivity index (χ0) is 19.8. The largest absolute Gasteiger partial charge is 0.328 e. The van der Waals surface area contributed by atoms with Crippen LogP contribution in [-0.4, -0.2) is 20.2 Å². The molecular formula is C23H15FN4O. The molecule has 0 saturated carbocycles. The molecule has 5 rings (SSSR count). The number of nitrogens with one attached hydrogen (secondary N) is 2. The van der Waals surface area contributed by atoms with Crippen LogP contribution in [0.5, 0.6) is 0 Å². The van der Waals surface area contributed by atoms with E-state index in [0.29, 0.717) is 0 Å². The van der Waals surface area contributed by atoms with Gasteiger partial charge in [0.25, 0.3) is 0 Å².